The Morgan fingerprint density at radius 3 is 2.58 bits per heavy atom. The summed E-state index contributed by atoms with van der Waals surface area (Å²) < 4.78 is 12.3. The molecule has 0 aliphatic carbocycles. The molecule has 0 saturated heterocycles. The molecule has 0 aliphatic heterocycles. The van der Waals surface area contributed by atoms with E-state index in [1.807, 2.05) is 43.3 Å². The van der Waals surface area contributed by atoms with Crippen LogP contribution in [-0.2, 0) is 11.4 Å². The fourth-order valence-corrected chi connectivity index (χ4v) is 4.06. The Morgan fingerprint density at radius 1 is 1.12 bits per heavy atom. The van der Waals surface area contributed by atoms with Crippen LogP contribution in [0.1, 0.15) is 16.7 Å². The lowest BCUT2D eigenvalue weighted by atomic mass is 10.2. The van der Waals surface area contributed by atoms with Crippen molar-refractivity contribution in [3.63, 3.8) is 0 Å². The van der Waals surface area contributed by atoms with Crippen molar-refractivity contribution in [2.75, 3.05) is 19.0 Å². The number of hydrogen-bond acceptors (Lipinski definition) is 5. The first kappa shape index (κ1) is 25.1. The fourth-order valence-electron chi connectivity index (χ4n) is 2.82. The Kier molecular flexibility index (Phi) is 9.22. The largest absolute Gasteiger partial charge is 0.493 e. The van der Waals surface area contributed by atoms with Gasteiger partial charge in [0.25, 0.3) is 5.91 Å². The monoisotopic (exact) mass is 597 g/mol. The number of nitrogens with one attached hydrogen (secondary N) is 2. The van der Waals surface area contributed by atoms with E-state index in [1.54, 1.807) is 31.5 Å². The van der Waals surface area contributed by atoms with Gasteiger partial charge < -0.3 is 14.8 Å². The van der Waals surface area contributed by atoms with Gasteiger partial charge in [-0.1, -0.05) is 47.0 Å². The number of nitrogens with zero attached hydrogens (tertiary/aromatic N) is 1. The lowest BCUT2D eigenvalue weighted by Gasteiger charge is -2.14. The third-order valence-corrected chi connectivity index (χ3v) is 5.93. The second kappa shape index (κ2) is 12.1. The smallest absolute Gasteiger partial charge is 0.259 e. The van der Waals surface area contributed by atoms with Crippen LogP contribution >= 0.6 is 45.8 Å². The molecule has 9 heteroatoms. The van der Waals surface area contributed by atoms with Crippen molar-refractivity contribution < 1.29 is 14.3 Å². The molecule has 0 fully saturated rings. The van der Waals surface area contributed by atoms with Gasteiger partial charge in [0, 0.05) is 21.3 Å². The molecule has 6 nitrogen and oxygen atoms in total. The van der Waals surface area contributed by atoms with E-state index in [1.165, 1.54) is 0 Å². The third-order valence-electron chi connectivity index (χ3n) is 4.55. The Bertz CT molecular complexity index is 1150. The summed E-state index contributed by atoms with van der Waals surface area (Å²) in [5.74, 6) is 0.877. The highest BCUT2D eigenvalue weighted by molar-refractivity contribution is 14.1. The molecule has 0 saturated carbocycles. The lowest BCUT2D eigenvalue weighted by Crippen LogP contribution is -2.25. The van der Waals surface area contributed by atoms with Gasteiger partial charge in [-0.05, 0) is 71.5 Å². The van der Waals surface area contributed by atoms with Crippen molar-refractivity contribution >= 4 is 63.6 Å². The maximum Gasteiger partial charge on any atom is 0.259 e. The van der Waals surface area contributed by atoms with Crippen LogP contribution < -0.4 is 20.2 Å². The van der Waals surface area contributed by atoms with Crippen molar-refractivity contribution in [2.45, 2.75) is 13.5 Å². The van der Waals surface area contributed by atoms with Crippen LogP contribution in [0, 0.1) is 10.5 Å². The zero-order chi connectivity index (χ0) is 23.8. The SMILES string of the molecule is COc1cc(/C=N\NC(=O)CNc2ccc(C)cc2)cc(I)c1OCc1ccc(Cl)cc1Cl. The molecule has 0 heterocycles. The quantitative estimate of drug-likeness (QED) is 0.179. The lowest BCUT2D eigenvalue weighted by molar-refractivity contribution is -0.119. The number of halogens is 3. The number of benzene rings is 3. The van der Waals surface area contributed by atoms with Crippen LogP contribution in [0.15, 0.2) is 59.7 Å². The number of carbonyl (C=O) groups is 1. The normalized spacial score (nSPS) is 10.8. The van der Waals surface area contributed by atoms with Crippen LogP contribution in [0.25, 0.3) is 0 Å². The number of anilines is 1. The predicted octanol–water partition coefficient (Wildman–Crippen LogP) is 6.06. The molecule has 0 aliphatic rings. The number of rotatable bonds is 9. The standard InChI is InChI=1S/C24H22Cl2IN3O3/c1-15-3-7-19(8-4-15)28-13-23(31)30-29-12-16-9-21(27)24(22(10-16)32-2)33-14-17-5-6-18(25)11-20(17)26/h3-12,28H,13-14H2,1-2H3,(H,30,31)/b29-12-. The minimum atomic E-state index is -0.256. The summed E-state index contributed by atoms with van der Waals surface area (Å²) in [6, 6.07) is 16.7. The van der Waals surface area contributed by atoms with Gasteiger partial charge in [-0.3, -0.25) is 4.79 Å². The zero-order valence-corrected chi connectivity index (χ0v) is 21.7. The van der Waals surface area contributed by atoms with Gasteiger partial charge in [-0.2, -0.15) is 5.10 Å². The first-order valence-corrected chi connectivity index (χ1v) is 11.8. The molecule has 1 amide bonds. The van der Waals surface area contributed by atoms with Crippen molar-refractivity contribution in [3.05, 3.63) is 84.9 Å². The third kappa shape index (κ3) is 7.52. The number of ether oxygens (including phenoxy) is 2. The van der Waals surface area contributed by atoms with Crippen molar-refractivity contribution in [2.24, 2.45) is 5.10 Å². The Morgan fingerprint density at radius 2 is 1.88 bits per heavy atom. The second-order valence-electron chi connectivity index (χ2n) is 7.07. The van der Waals surface area contributed by atoms with E-state index in [2.05, 4.69) is 38.4 Å². The van der Waals surface area contributed by atoms with Gasteiger partial charge in [0.15, 0.2) is 11.5 Å². The predicted molar refractivity (Wildman–Crippen MR) is 142 cm³/mol. The van der Waals surface area contributed by atoms with E-state index in [0.29, 0.717) is 21.5 Å². The fraction of sp³-hybridized carbons (Fsp3) is 0.167. The van der Waals surface area contributed by atoms with Crippen LogP contribution in [0.4, 0.5) is 5.69 Å². The number of methoxy groups -OCH3 is 1. The number of carbonyl (C=O) groups excluding carboxylic acids is 1. The molecule has 0 aromatic heterocycles. The molecule has 33 heavy (non-hydrogen) atoms. The summed E-state index contributed by atoms with van der Waals surface area (Å²) in [5.41, 5.74) is 6.10. The summed E-state index contributed by atoms with van der Waals surface area (Å²) >= 11 is 14.3. The topological polar surface area (TPSA) is 72.0 Å². The molecule has 3 rings (SSSR count). The molecular weight excluding hydrogens is 576 g/mol. The van der Waals surface area contributed by atoms with Gasteiger partial charge in [0.05, 0.1) is 23.4 Å². The van der Waals surface area contributed by atoms with Crippen LogP contribution in [0.2, 0.25) is 10.0 Å². The first-order valence-electron chi connectivity index (χ1n) is 9.92. The molecule has 0 bridgehead atoms. The van der Waals surface area contributed by atoms with Crippen LogP contribution in [0.3, 0.4) is 0 Å². The van der Waals surface area contributed by atoms with E-state index in [4.69, 9.17) is 32.7 Å². The molecule has 2 N–H and O–H groups in total. The molecule has 0 unspecified atom stereocenters. The molecule has 172 valence electrons. The van der Waals surface area contributed by atoms with E-state index >= 15 is 0 Å². The highest BCUT2D eigenvalue weighted by Crippen LogP contribution is 2.34. The van der Waals surface area contributed by atoms with E-state index in [-0.39, 0.29) is 19.1 Å². The molecule has 0 spiro atoms. The number of hydrazone groups is 1. The minimum Gasteiger partial charge on any atom is -0.493 e. The highest BCUT2D eigenvalue weighted by atomic mass is 127. The summed E-state index contributed by atoms with van der Waals surface area (Å²) in [7, 11) is 1.56. The van der Waals surface area contributed by atoms with Gasteiger partial charge in [-0.15, -0.1) is 0 Å². The van der Waals surface area contributed by atoms with Crippen molar-refractivity contribution in [1.29, 1.82) is 0 Å². The van der Waals surface area contributed by atoms with Crippen molar-refractivity contribution in [3.8, 4) is 11.5 Å². The summed E-state index contributed by atoms with van der Waals surface area (Å²) in [5, 5.41) is 8.18. The van der Waals surface area contributed by atoms with Gasteiger partial charge in [0.1, 0.15) is 6.61 Å². The first-order chi connectivity index (χ1) is 15.9. The minimum absolute atomic E-state index is 0.112. The van der Waals surface area contributed by atoms with Crippen molar-refractivity contribution in [1.82, 2.24) is 5.43 Å². The molecule has 0 radical (unpaired) electrons. The Labute approximate surface area is 216 Å². The maximum atomic E-state index is 12.0. The second-order valence-corrected chi connectivity index (χ2v) is 9.08. The number of amides is 1. The zero-order valence-electron chi connectivity index (χ0n) is 18.0. The molecule has 3 aromatic rings. The average Bonchev–Trinajstić information content (AvgIpc) is 2.78. The van der Waals surface area contributed by atoms with Crippen LogP contribution in [0.5, 0.6) is 11.5 Å². The number of aryl methyl sites for hydroxylation is 1. The summed E-state index contributed by atoms with van der Waals surface area (Å²) in [6.07, 6.45) is 1.55. The summed E-state index contributed by atoms with van der Waals surface area (Å²) in [4.78, 5) is 12.0. The van der Waals surface area contributed by atoms with E-state index in [9.17, 15) is 4.79 Å². The Hall–Kier alpha value is -2.49. The molecule has 3 aromatic carbocycles. The molecular formula is C24H22Cl2IN3O3. The van der Waals surface area contributed by atoms with Gasteiger partial charge >= 0.3 is 0 Å². The van der Waals surface area contributed by atoms with Crippen LogP contribution in [-0.4, -0.2) is 25.8 Å². The average molecular weight is 598 g/mol. The Balaban J connectivity index is 1.59. The summed E-state index contributed by atoms with van der Waals surface area (Å²) in [6.45, 7) is 2.39. The highest BCUT2D eigenvalue weighted by Gasteiger charge is 2.13. The molecule has 0 atom stereocenters. The van der Waals surface area contributed by atoms with Gasteiger partial charge in [0.2, 0.25) is 0 Å². The van der Waals surface area contributed by atoms with Gasteiger partial charge in [-0.25, -0.2) is 5.43 Å². The van der Waals surface area contributed by atoms with E-state index < -0.39 is 0 Å². The maximum absolute atomic E-state index is 12.0. The number of hydrogen-bond donors (Lipinski definition) is 2. The van der Waals surface area contributed by atoms with E-state index in [0.717, 1.165) is 25.9 Å².